The number of benzene rings is 12. The monoisotopic (exact) mass is 1660 g/mol. The first-order chi connectivity index (χ1) is 59.9. The number of pyridine rings is 6. The molecule has 0 fully saturated rings. The van der Waals surface area contributed by atoms with E-state index in [1.807, 2.05) is 63.4 Å². The minimum absolute atomic E-state index is 0.158. The first kappa shape index (κ1) is 90.7. The predicted molar refractivity (Wildman–Crippen MR) is 532 cm³/mol. The van der Waals surface area contributed by atoms with E-state index in [1.54, 1.807) is 6.07 Å². The highest BCUT2D eigenvalue weighted by molar-refractivity contribution is 5.88. The lowest BCUT2D eigenvalue weighted by Crippen LogP contribution is -2.32. The van der Waals surface area contributed by atoms with Crippen molar-refractivity contribution in [1.29, 1.82) is 0 Å². The van der Waals surface area contributed by atoms with Crippen molar-refractivity contribution >= 4 is 65.4 Å². The second-order valence-electron chi connectivity index (χ2n) is 36.1. The van der Waals surface area contributed by atoms with E-state index >= 15 is 0 Å². The van der Waals surface area contributed by atoms with Crippen LogP contribution in [-0.2, 0) is 42.3 Å². The Bertz CT molecular complexity index is 7280. The summed E-state index contributed by atoms with van der Waals surface area (Å²) in [7, 11) is 12.8. The molecule has 0 spiro atoms. The minimum Gasteiger partial charge on any atom is -0.206 e. The van der Waals surface area contributed by atoms with Crippen molar-refractivity contribution in [1.82, 2.24) is 0 Å². The van der Waals surface area contributed by atoms with Crippen LogP contribution in [0.5, 0.6) is 0 Å². The van der Waals surface area contributed by atoms with Crippen LogP contribution in [0.1, 0.15) is 128 Å². The molecule has 636 valence electrons. The molecule has 6 nitrogen and oxygen atoms in total. The highest BCUT2D eigenvalue weighted by atomic mass is 19.1. The Balaban J connectivity index is 0.000000130. The number of halogens is 1. The molecule has 126 heavy (non-hydrogen) atoms. The molecule has 18 aromatic rings. The highest BCUT2D eigenvalue weighted by Gasteiger charge is 2.26. The van der Waals surface area contributed by atoms with Gasteiger partial charge >= 0.3 is 0 Å². The zero-order chi connectivity index (χ0) is 90.9. The molecular formula is C119H129FN6+6. The largest absolute Gasteiger partial charge is 0.215 e. The third kappa shape index (κ3) is 19.0. The molecular weight excluding hydrogens is 1530 g/mol. The molecule has 12 aromatic carbocycles. The first-order valence-electron chi connectivity index (χ1n) is 44.4. The molecule has 0 saturated heterocycles. The normalized spacial score (nSPS) is 11.1. The van der Waals surface area contributed by atoms with E-state index in [2.05, 4.69) is 414 Å². The molecule has 0 saturated carbocycles. The van der Waals surface area contributed by atoms with Gasteiger partial charge in [-0.1, -0.05) is 138 Å². The lowest BCUT2D eigenvalue weighted by Gasteiger charge is -2.12. The van der Waals surface area contributed by atoms with Gasteiger partial charge in [-0.3, -0.25) is 0 Å². The lowest BCUT2D eigenvalue weighted by atomic mass is 9.95. The van der Waals surface area contributed by atoms with Crippen molar-refractivity contribution in [2.45, 2.75) is 159 Å². The summed E-state index contributed by atoms with van der Waals surface area (Å²) >= 11 is 0. The van der Waals surface area contributed by atoms with Gasteiger partial charge in [-0.15, -0.1) is 0 Å². The number of hydrogen-bond acceptors (Lipinski definition) is 0. The molecule has 0 aliphatic rings. The van der Waals surface area contributed by atoms with Crippen molar-refractivity contribution in [3.63, 3.8) is 0 Å². The Morgan fingerprint density at radius 2 is 0.421 bits per heavy atom. The topological polar surface area (TPSA) is 23.3 Å². The number of fused-ring (bicyclic) bond motifs is 6. The van der Waals surface area contributed by atoms with E-state index in [9.17, 15) is 4.39 Å². The van der Waals surface area contributed by atoms with Gasteiger partial charge in [-0.05, 0) is 332 Å². The molecule has 6 heterocycles. The van der Waals surface area contributed by atoms with Gasteiger partial charge in [0.05, 0.1) is 5.39 Å². The Labute approximate surface area is 750 Å². The van der Waals surface area contributed by atoms with E-state index in [4.69, 9.17) is 0 Å². The number of rotatable bonds is 6. The number of hydrogen-bond donors (Lipinski definition) is 0. The summed E-state index contributed by atoms with van der Waals surface area (Å²) in [4.78, 5) is 0. The SMILES string of the molecule is Cc1cc(C)c(C)c(-c2cc(C)c3ccc(C)cc3[n+]2C)c1.Cc1cc(C)c(C)c(-c2ccc3c(C)cc(C)cc3[n+]2C)c1.Cc1cc(C)c2ccc(-c3ccccc3C)[n+](C)c2c1.Cc1ccc(C)c(-c2cc(C)c3ccc(C)cc3[n+]2C)c1.Cc1ccc(C)c(-c2ccc3c(C)cc(C)cc3[n+]2C)c1.Cc1ccccc1-c1cc(F)c2c(C)cccc2[n+]1C. The Morgan fingerprint density at radius 3 is 0.825 bits per heavy atom. The third-order valence-electron chi connectivity index (χ3n) is 26.1. The van der Waals surface area contributed by atoms with Crippen molar-refractivity contribution in [2.24, 2.45) is 42.3 Å². The van der Waals surface area contributed by atoms with Gasteiger partial charge in [-0.25, -0.2) is 4.39 Å². The average Bonchev–Trinajstić information content (AvgIpc) is 0.784. The van der Waals surface area contributed by atoms with Gasteiger partial charge in [0.1, 0.15) is 48.1 Å². The lowest BCUT2D eigenvalue weighted by molar-refractivity contribution is -0.633. The first-order valence-corrected chi connectivity index (χ1v) is 44.4. The van der Waals surface area contributed by atoms with E-state index < -0.39 is 0 Å². The van der Waals surface area contributed by atoms with Crippen LogP contribution in [0.3, 0.4) is 0 Å². The summed E-state index contributed by atoms with van der Waals surface area (Å²) in [6.45, 7) is 49.8. The summed E-state index contributed by atoms with van der Waals surface area (Å²) < 4.78 is 28.2. The Kier molecular flexibility index (Phi) is 27.3. The average molecular weight is 1660 g/mol. The molecule has 0 bridgehead atoms. The molecule has 0 aliphatic carbocycles. The van der Waals surface area contributed by atoms with Crippen LogP contribution in [-0.4, -0.2) is 0 Å². The van der Waals surface area contributed by atoms with Crippen molar-refractivity contribution < 1.29 is 31.8 Å². The van der Waals surface area contributed by atoms with Gasteiger partial charge in [0, 0.05) is 133 Å². The van der Waals surface area contributed by atoms with Crippen LogP contribution >= 0.6 is 0 Å². The second-order valence-corrected chi connectivity index (χ2v) is 36.1. The predicted octanol–water partition coefficient (Wildman–Crippen LogP) is 27.2. The quantitative estimate of drug-likeness (QED) is 0.148. The van der Waals surface area contributed by atoms with Crippen molar-refractivity contribution in [2.75, 3.05) is 0 Å². The van der Waals surface area contributed by atoms with Crippen LogP contribution in [0.4, 0.5) is 4.39 Å². The Hall–Kier alpha value is -13.0. The summed E-state index contributed by atoms with van der Waals surface area (Å²) in [5.41, 5.74) is 52.4. The van der Waals surface area contributed by atoms with Crippen molar-refractivity contribution in [3.8, 4) is 67.5 Å². The van der Waals surface area contributed by atoms with Gasteiger partial charge in [-0.2, -0.15) is 27.4 Å². The summed E-state index contributed by atoms with van der Waals surface area (Å²) in [6.07, 6.45) is 0. The molecule has 6 aromatic heterocycles. The number of nitrogens with zero attached hydrogens (tertiary/aromatic N) is 6. The molecule has 0 N–H and O–H groups in total. The summed E-state index contributed by atoms with van der Waals surface area (Å²) in [5.74, 6) is -0.158. The molecule has 18 rings (SSSR count). The molecule has 0 aliphatic heterocycles. The van der Waals surface area contributed by atoms with Crippen LogP contribution in [0.25, 0.3) is 133 Å². The summed E-state index contributed by atoms with van der Waals surface area (Å²) in [6, 6.07) is 91.7. The van der Waals surface area contributed by atoms with E-state index in [0.717, 1.165) is 27.9 Å². The van der Waals surface area contributed by atoms with Gasteiger partial charge in [0.25, 0.3) is 0 Å². The highest BCUT2D eigenvalue weighted by Crippen LogP contribution is 2.35. The maximum Gasteiger partial charge on any atom is 0.215 e. The molecule has 7 heteroatoms. The molecule has 0 atom stereocenters. The van der Waals surface area contributed by atoms with Gasteiger partial charge in [0.2, 0.25) is 67.3 Å². The smallest absolute Gasteiger partial charge is 0.206 e. The molecule has 0 radical (unpaired) electrons. The fourth-order valence-corrected chi connectivity index (χ4v) is 18.7. The van der Waals surface area contributed by atoms with E-state index in [0.29, 0.717) is 5.39 Å². The van der Waals surface area contributed by atoms with Crippen LogP contribution < -0.4 is 27.4 Å². The third-order valence-corrected chi connectivity index (χ3v) is 26.1. The van der Waals surface area contributed by atoms with E-state index in [1.165, 1.54) is 228 Å². The Morgan fingerprint density at radius 1 is 0.167 bits per heavy atom. The maximum atomic E-state index is 14.5. The molecule has 0 amide bonds. The minimum atomic E-state index is -0.158. The van der Waals surface area contributed by atoms with Crippen LogP contribution in [0.15, 0.2) is 255 Å². The second kappa shape index (κ2) is 37.8. The van der Waals surface area contributed by atoms with Crippen LogP contribution in [0.2, 0.25) is 0 Å². The fourth-order valence-electron chi connectivity index (χ4n) is 18.7. The zero-order valence-corrected chi connectivity index (χ0v) is 80.3. The van der Waals surface area contributed by atoms with Gasteiger partial charge in [0.15, 0.2) is 0 Å². The van der Waals surface area contributed by atoms with Gasteiger partial charge < -0.3 is 0 Å². The number of aromatic nitrogens is 6. The summed E-state index contributed by atoms with van der Waals surface area (Å²) in [5, 5.41) is 7.36. The van der Waals surface area contributed by atoms with E-state index in [-0.39, 0.29) is 5.82 Å². The number of aryl methyl sites for hydroxylation is 27. The fraction of sp³-hybridized carbons (Fsp3) is 0.244. The van der Waals surface area contributed by atoms with Crippen LogP contribution in [0, 0.1) is 165 Å². The molecule has 0 unspecified atom stereocenters. The van der Waals surface area contributed by atoms with Crippen molar-refractivity contribution in [3.05, 3.63) is 389 Å². The maximum absolute atomic E-state index is 14.5. The zero-order valence-electron chi connectivity index (χ0n) is 80.3. The standard InChI is InChI=1S/2C21H24N.2C20H22N.C19H20N.C18H17FN/c1-13-9-15(3)17(5)19(11-13)20-8-7-18-16(4)10-14(2)12-21(18)22(20)6;1-13-7-8-18-16(4)12-21(22(6)20(18)11-13)19-10-14(2)9-15(3)17(19)5;1-13-6-8-15(3)18(10-13)20-12-16(4)17-9-7-14(2)11-19(17)21(20)5;1-13-6-7-15(3)18(11-13)19-9-8-17-16(4)10-14(2)12-20(17)21(19)5;1-13-11-15(3)17-9-10-18(20(4)19(17)12-13)16-8-6-5-7-14(16)2;1-12-7-4-5-9-14(12)17-11-15(19)18-13(2)8-6-10-16(18)20(17)3/h2*7-12H,1-6H3;2*6-12H,1-5H3;5-12H,1-4H3;4-11H,1-3H3/q6*+1.